The van der Waals surface area contributed by atoms with Gasteiger partial charge in [0.15, 0.2) is 0 Å². The highest BCUT2D eigenvalue weighted by Crippen LogP contribution is 2.48. The van der Waals surface area contributed by atoms with Gasteiger partial charge in [-0.2, -0.15) is 4.39 Å². The maximum Gasteiger partial charge on any atom is 0.309 e. The van der Waals surface area contributed by atoms with Crippen LogP contribution in [0.1, 0.15) is 25.3 Å². The Balaban J connectivity index is 2.35. The van der Waals surface area contributed by atoms with Gasteiger partial charge in [-0.25, -0.2) is 0 Å². The minimum atomic E-state index is -1.06. The van der Waals surface area contributed by atoms with Crippen LogP contribution in [0.15, 0.2) is 18.2 Å². The monoisotopic (exact) mass is 267 g/mol. The summed E-state index contributed by atoms with van der Waals surface area (Å²) in [5.74, 6) is -1.90. The Morgan fingerprint density at radius 3 is 2.68 bits per heavy atom. The first-order valence-electron chi connectivity index (χ1n) is 6.01. The van der Waals surface area contributed by atoms with Crippen LogP contribution in [0.4, 0.5) is 10.1 Å². The van der Waals surface area contributed by atoms with Crippen molar-refractivity contribution in [1.82, 2.24) is 0 Å². The summed E-state index contributed by atoms with van der Waals surface area (Å²) in [7, 11) is 0. The van der Waals surface area contributed by atoms with Crippen LogP contribution in [0.5, 0.6) is 0 Å². The molecule has 2 rings (SSSR count). The maximum atomic E-state index is 14.0. The van der Waals surface area contributed by atoms with E-state index >= 15 is 0 Å². The molecule has 1 fully saturated rings. The van der Waals surface area contributed by atoms with Crippen LogP contribution in [-0.2, 0) is 11.2 Å². The predicted octanol–water partition coefficient (Wildman–Crippen LogP) is 2.78. The molecule has 5 nitrogen and oxygen atoms in total. The van der Waals surface area contributed by atoms with Crippen LogP contribution in [0.2, 0.25) is 0 Å². The molecule has 1 aromatic rings. The van der Waals surface area contributed by atoms with E-state index in [9.17, 15) is 24.4 Å². The van der Waals surface area contributed by atoms with E-state index in [1.165, 1.54) is 12.1 Å². The standard InChI is InChI=1S/C13H14FNO4/c1-13(12(16)17,9-5-6-9)7-8-3-2-4-10(11(8)14)15(18)19/h2-4,9H,5-7H2,1H3,(H,16,17). The lowest BCUT2D eigenvalue weighted by molar-refractivity contribution is -0.387. The van der Waals surface area contributed by atoms with Gasteiger partial charge < -0.3 is 5.11 Å². The lowest BCUT2D eigenvalue weighted by Crippen LogP contribution is -2.32. The lowest BCUT2D eigenvalue weighted by atomic mass is 9.79. The molecule has 0 bridgehead atoms. The molecule has 102 valence electrons. The van der Waals surface area contributed by atoms with Crippen molar-refractivity contribution in [2.24, 2.45) is 11.3 Å². The van der Waals surface area contributed by atoms with Crippen molar-refractivity contribution in [2.45, 2.75) is 26.2 Å². The first-order chi connectivity index (χ1) is 8.86. The Labute approximate surface area is 109 Å². The zero-order valence-corrected chi connectivity index (χ0v) is 10.4. The average Bonchev–Trinajstić information content (AvgIpc) is 3.15. The summed E-state index contributed by atoms with van der Waals surface area (Å²) < 4.78 is 14.0. The molecule has 1 atom stereocenters. The Morgan fingerprint density at radius 1 is 1.58 bits per heavy atom. The van der Waals surface area contributed by atoms with E-state index in [0.29, 0.717) is 0 Å². The summed E-state index contributed by atoms with van der Waals surface area (Å²) in [6, 6.07) is 3.87. The summed E-state index contributed by atoms with van der Waals surface area (Å²) >= 11 is 0. The molecule has 19 heavy (non-hydrogen) atoms. The molecule has 1 aliphatic carbocycles. The van der Waals surface area contributed by atoms with Gasteiger partial charge in [0.2, 0.25) is 5.82 Å². The van der Waals surface area contributed by atoms with Crippen LogP contribution in [-0.4, -0.2) is 16.0 Å². The summed E-state index contributed by atoms with van der Waals surface area (Å²) in [6.07, 6.45) is 1.58. The molecule has 0 spiro atoms. The number of nitrogens with zero attached hydrogens (tertiary/aromatic N) is 1. The quantitative estimate of drug-likeness (QED) is 0.657. The molecule has 0 heterocycles. The van der Waals surface area contributed by atoms with Gasteiger partial charge in [-0.3, -0.25) is 14.9 Å². The zero-order valence-electron chi connectivity index (χ0n) is 10.4. The number of benzene rings is 1. The van der Waals surface area contributed by atoms with Crippen molar-refractivity contribution < 1.29 is 19.2 Å². The van der Waals surface area contributed by atoms with Crippen molar-refractivity contribution in [3.63, 3.8) is 0 Å². The summed E-state index contributed by atoms with van der Waals surface area (Å²) in [5, 5.41) is 20.0. The second-order valence-electron chi connectivity index (χ2n) is 5.18. The molecule has 1 aliphatic rings. The molecule has 1 N–H and O–H groups in total. The highest BCUT2D eigenvalue weighted by molar-refractivity contribution is 5.75. The first kappa shape index (κ1) is 13.5. The number of nitro benzene ring substituents is 1. The SMILES string of the molecule is CC(Cc1cccc([N+](=O)[O-])c1F)(C(=O)O)C1CC1. The number of halogens is 1. The second kappa shape index (κ2) is 4.60. The topological polar surface area (TPSA) is 80.4 Å². The third-order valence-corrected chi connectivity index (χ3v) is 3.78. The highest BCUT2D eigenvalue weighted by Gasteiger charge is 2.47. The Hall–Kier alpha value is -1.98. The third-order valence-electron chi connectivity index (χ3n) is 3.78. The van der Waals surface area contributed by atoms with E-state index in [1.54, 1.807) is 6.92 Å². The minimum Gasteiger partial charge on any atom is -0.481 e. The van der Waals surface area contributed by atoms with Gasteiger partial charge in [0, 0.05) is 6.07 Å². The van der Waals surface area contributed by atoms with Crippen molar-refractivity contribution in [2.75, 3.05) is 0 Å². The minimum absolute atomic E-state index is 0.0173. The maximum absolute atomic E-state index is 14.0. The van der Waals surface area contributed by atoms with Gasteiger partial charge in [-0.15, -0.1) is 0 Å². The van der Waals surface area contributed by atoms with E-state index < -0.39 is 27.8 Å². The van der Waals surface area contributed by atoms with Crippen LogP contribution in [0, 0.1) is 27.3 Å². The van der Waals surface area contributed by atoms with Gasteiger partial charge in [-0.05, 0) is 37.7 Å². The number of hydrogen-bond donors (Lipinski definition) is 1. The van der Waals surface area contributed by atoms with Crippen LogP contribution in [0.3, 0.4) is 0 Å². The molecule has 0 saturated heterocycles. The number of carboxylic acid groups (broad SMARTS) is 1. The molecule has 1 saturated carbocycles. The predicted molar refractivity (Wildman–Crippen MR) is 65.2 cm³/mol. The number of aliphatic carboxylic acids is 1. The normalized spacial score (nSPS) is 17.8. The molecule has 0 amide bonds. The van der Waals surface area contributed by atoms with Crippen LogP contribution in [0.25, 0.3) is 0 Å². The highest BCUT2D eigenvalue weighted by atomic mass is 19.1. The van der Waals surface area contributed by atoms with Crippen LogP contribution < -0.4 is 0 Å². The first-order valence-corrected chi connectivity index (χ1v) is 6.01. The number of carboxylic acids is 1. The lowest BCUT2D eigenvalue weighted by Gasteiger charge is -2.24. The fourth-order valence-corrected chi connectivity index (χ4v) is 2.35. The molecule has 0 aromatic heterocycles. The van der Waals surface area contributed by atoms with Crippen LogP contribution >= 0.6 is 0 Å². The molecule has 1 unspecified atom stereocenters. The van der Waals surface area contributed by atoms with E-state index in [0.717, 1.165) is 18.9 Å². The second-order valence-corrected chi connectivity index (χ2v) is 5.18. The summed E-state index contributed by atoms with van der Waals surface area (Å²) in [4.78, 5) is 21.3. The van der Waals surface area contributed by atoms with Crippen molar-refractivity contribution in [3.8, 4) is 0 Å². The average molecular weight is 267 g/mol. The largest absolute Gasteiger partial charge is 0.481 e. The van der Waals surface area contributed by atoms with Crippen molar-refractivity contribution >= 4 is 11.7 Å². The molecule has 0 aliphatic heterocycles. The molecular formula is C13H14FNO4. The fourth-order valence-electron chi connectivity index (χ4n) is 2.35. The third kappa shape index (κ3) is 2.43. The van der Waals surface area contributed by atoms with E-state index in [4.69, 9.17) is 0 Å². The zero-order chi connectivity index (χ0) is 14.2. The smallest absolute Gasteiger partial charge is 0.309 e. The van der Waals surface area contributed by atoms with E-state index in [2.05, 4.69) is 0 Å². The van der Waals surface area contributed by atoms with E-state index in [1.807, 2.05) is 0 Å². The van der Waals surface area contributed by atoms with E-state index in [-0.39, 0.29) is 17.9 Å². The number of nitro groups is 1. The Kier molecular flexibility index (Phi) is 3.26. The Morgan fingerprint density at radius 2 is 2.21 bits per heavy atom. The number of rotatable bonds is 5. The molecule has 0 radical (unpaired) electrons. The molecular weight excluding hydrogens is 253 g/mol. The Bertz CT molecular complexity index is 541. The van der Waals surface area contributed by atoms with Gasteiger partial charge in [-0.1, -0.05) is 12.1 Å². The van der Waals surface area contributed by atoms with Gasteiger partial charge >= 0.3 is 11.7 Å². The molecule has 1 aromatic carbocycles. The van der Waals surface area contributed by atoms with Gasteiger partial charge in [0.05, 0.1) is 10.3 Å². The van der Waals surface area contributed by atoms with Gasteiger partial charge in [0.1, 0.15) is 0 Å². The number of carbonyl (C=O) groups is 1. The fraction of sp³-hybridized carbons (Fsp3) is 0.462. The van der Waals surface area contributed by atoms with Crippen molar-refractivity contribution in [1.29, 1.82) is 0 Å². The van der Waals surface area contributed by atoms with Crippen molar-refractivity contribution in [3.05, 3.63) is 39.7 Å². The molecule has 6 heteroatoms. The van der Waals surface area contributed by atoms with Gasteiger partial charge in [0.25, 0.3) is 0 Å². The summed E-state index contributed by atoms with van der Waals surface area (Å²) in [5.41, 5.74) is -1.58. The number of hydrogen-bond acceptors (Lipinski definition) is 3. The summed E-state index contributed by atoms with van der Waals surface area (Å²) in [6.45, 7) is 1.57.